The lowest BCUT2D eigenvalue weighted by Crippen LogP contribution is -2.19. The van der Waals surface area contributed by atoms with Crippen molar-refractivity contribution in [3.05, 3.63) is 53.6 Å². The summed E-state index contributed by atoms with van der Waals surface area (Å²) in [7, 11) is 0. The number of nitrogens with one attached hydrogen (secondary N) is 1. The van der Waals surface area contributed by atoms with Crippen LogP contribution in [-0.2, 0) is 13.0 Å². The van der Waals surface area contributed by atoms with Gasteiger partial charge in [-0.3, -0.25) is 0 Å². The van der Waals surface area contributed by atoms with Gasteiger partial charge >= 0.3 is 0 Å². The molecule has 1 aromatic carbocycles. The number of hydrogen-bond donors (Lipinski definition) is 1. The van der Waals surface area contributed by atoms with E-state index in [9.17, 15) is 0 Å². The normalized spacial score (nSPS) is 12.5. The quantitative estimate of drug-likeness (QED) is 0.803. The predicted octanol–water partition coefficient (Wildman–Crippen LogP) is 3.60. The number of imidazole rings is 1. The highest BCUT2D eigenvalue weighted by Crippen LogP contribution is 2.16. The molecule has 0 spiro atoms. The standard InChI is InChI=1S/C18H27N3/c1-4-6-18-20-11-12-21(18)14-16-7-9-17(10-8-16)15(3)13-19-5-2/h7-12,15,19H,4-6,13-14H2,1-3H3. The molecule has 0 aliphatic rings. The molecule has 0 amide bonds. The fourth-order valence-corrected chi connectivity index (χ4v) is 2.56. The summed E-state index contributed by atoms with van der Waals surface area (Å²) in [5, 5.41) is 3.41. The zero-order chi connectivity index (χ0) is 15.1. The van der Waals surface area contributed by atoms with Crippen molar-refractivity contribution in [2.24, 2.45) is 0 Å². The first-order valence-corrected chi connectivity index (χ1v) is 8.04. The summed E-state index contributed by atoms with van der Waals surface area (Å²) in [4.78, 5) is 4.44. The van der Waals surface area contributed by atoms with Gasteiger partial charge in [-0.1, -0.05) is 45.0 Å². The van der Waals surface area contributed by atoms with Gasteiger partial charge in [0, 0.05) is 31.9 Å². The molecule has 0 saturated carbocycles. The molecule has 1 aromatic heterocycles. The summed E-state index contributed by atoms with van der Waals surface area (Å²) in [5.41, 5.74) is 2.74. The lowest BCUT2D eigenvalue weighted by Gasteiger charge is -2.13. The molecule has 0 bridgehead atoms. The summed E-state index contributed by atoms with van der Waals surface area (Å²) < 4.78 is 2.25. The minimum atomic E-state index is 0.558. The molecule has 2 aromatic rings. The second kappa shape index (κ2) is 7.99. The van der Waals surface area contributed by atoms with E-state index in [1.165, 1.54) is 17.0 Å². The molecule has 0 radical (unpaired) electrons. The predicted molar refractivity (Wildman–Crippen MR) is 88.7 cm³/mol. The van der Waals surface area contributed by atoms with E-state index >= 15 is 0 Å². The van der Waals surface area contributed by atoms with Crippen LogP contribution in [0, 0.1) is 0 Å². The van der Waals surface area contributed by atoms with Crippen molar-refractivity contribution in [1.82, 2.24) is 14.9 Å². The Labute approximate surface area is 128 Å². The Morgan fingerprint density at radius 2 is 1.95 bits per heavy atom. The van der Waals surface area contributed by atoms with Gasteiger partial charge in [0.1, 0.15) is 5.82 Å². The third-order valence-electron chi connectivity index (χ3n) is 3.88. The smallest absolute Gasteiger partial charge is 0.108 e. The van der Waals surface area contributed by atoms with Crippen LogP contribution in [0.25, 0.3) is 0 Å². The van der Waals surface area contributed by atoms with Crippen LogP contribution in [-0.4, -0.2) is 22.6 Å². The van der Waals surface area contributed by atoms with Crippen LogP contribution in [0.2, 0.25) is 0 Å². The van der Waals surface area contributed by atoms with Crippen molar-refractivity contribution in [3.63, 3.8) is 0 Å². The monoisotopic (exact) mass is 285 g/mol. The minimum absolute atomic E-state index is 0.558. The van der Waals surface area contributed by atoms with Gasteiger partial charge in [-0.25, -0.2) is 4.98 Å². The largest absolute Gasteiger partial charge is 0.331 e. The van der Waals surface area contributed by atoms with Crippen molar-refractivity contribution in [1.29, 1.82) is 0 Å². The first kappa shape index (κ1) is 15.8. The van der Waals surface area contributed by atoms with Crippen molar-refractivity contribution < 1.29 is 0 Å². The van der Waals surface area contributed by atoms with E-state index in [-0.39, 0.29) is 0 Å². The zero-order valence-corrected chi connectivity index (χ0v) is 13.5. The average molecular weight is 285 g/mol. The van der Waals surface area contributed by atoms with Gasteiger partial charge in [0.2, 0.25) is 0 Å². The molecule has 3 nitrogen and oxygen atoms in total. The first-order valence-electron chi connectivity index (χ1n) is 8.04. The Hall–Kier alpha value is -1.61. The third-order valence-corrected chi connectivity index (χ3v) is 3.88. The van der Waals surface area contributed by atoms with Gasteiger partial charge in [0.15, 0.2) is 0 Å². The average Bonchev–Trinajstić information content (AvgIpc) is 2.93. The highest BCUT2D eigenvalue weighted by Gasteiger charge is 2.06. The molecule has 0 fully saturated rings. The van der Waals surface area contributed by atoms with E-state index in [0.717, 1.165) is 32.5 Å². The lowest BCUT2D eigenvalue weighted by molar-refractivity contribution is 0.634. The van der Waals surface area contributed by atoms with Crippen molar-refractivity contribution >= 4 is 0 Å². The molecule has 1 atom stereocenters. The Balaban J connectivity index is 2.00. The third kappa shape index (κ3) is 4.43. The Kier molecular flexibility index (Phi) is 6.00. The van der Waals surface area contributed by atoms with Gasteiger partial charge < -0.3 is 9.88 Å². The molecule has 0 aliphatic carbocycles. The topological polar surface area (TPSA) is 29.9 Å². The highest BCUT2D eigenvalue weighted by molar-refractivity contribution is 5.25. The number of aromatic nitrogens is 2. The summed E-state index contributed by atoms with van der Waals surface area (Å²) in [5.74, 6) is 1.74. The Morgan fingerprint density at radius 3 is 2.62 bits per heavy atom. The van der Waals surface area contributed by atoms with Crippen LogP contribution in [0.1, 0.15) is 50.1 Å². The number of benzene rings is 1. The number of rotatable bonds is 8. The van der Waals surface area contributed by atoms with Crippen molar-refractivity contribution in [3.8, 4) is 0 Å². The highest BCUT2D eigenvalue weighted by atomic mass is 15.1. The molecule has 21 heavy (non-hydrogen) atoms. The maximum absolute atomic E-state index is 4.44. The van der Waals surface area contributed by atoms with E-state index in [1.54, 1.807) is 0 Å². The van der Waals surface area contributed by atoms with Crippen LogP contribution in [0.15, 0.2) is 36.7 Å². The fourth-order valence-electron chi connectivity index (χ4n) is 2.56. The molecule has 114 valence electrons. The lowest BCUT2D eigenvalue weighted by atomic mass is 10.00. The first-order chi connectivity index (χ1) is 10.2. The van der Waals surface area contributed by atoms with Crippen LogP contribution in [0.4, 0.5) is 0 Å². The molecule has 1 unspecified atom stereocenters. The summed E-state index contributed by atoms with van der Waals surface area (Å²) in [6.45, 7) is 9.60. The van der Waals surface area contributed by atoms with Crippen molar-refractivity contribution in [2.75, 3.05) is 13.1 Å². The molecule has 1 heterocycles. The van der Waals surface area contributed by atoms with Crippen LogP contribution < -0.4 is 5.32 Å². The Morgan fingerprint density at radius 1 is 1.19 bits per heavy atom. The maximum Gasteiger partial charge on any atom is 0.108 e. The summed E-state index contributed by atoms with van der Waals surface area (Å²) in [6.07, 6.45) is 6.16. The number of likely N-dealkylation sites (N-methyl/N-ethyl adjacent to an activating group) is 1. The van der Waals surface area contributed by atoms with Gasteiger partial charge in [-0.15, -0.1) is 0 Å². The Bertz CT molecular complexity index is 528. The second-order valence-corrected chi connectivity index (χ2v) is 5.67. The van der Waals surface area contributed by atoms with E-state index in [1.807, 2.05) is 6.20 Å². The fraction of sp³-hybridized carbons (Fsp3) is 0.500. The maximum atomic E-state index is 4.44. The van der Waals surface area contributed by atoms with E-state index < -0.39 is 0 Å². The van der Waals surface area contributed by atoms with E-state index in [4.69, 9.17) is 0 Å². The second-order valence-electron chi connectivity index (χ2n) is 5.67. The molecular weight excluding hydrogens is 258 g/mol. The van der Waals surface area contributed by atoms with Gasteiger partial charge in [0.25, 0.3) is 0 Å². The van der Waals surface area contributed by atoms with Gasteiger partial charge in [-0.05, 0) is 30.0 Å². The molecule has 0 saturated heterocycles. The van der Waals surface area contributed by atoms with Crippen LogP contribution in [0.3, 0.4) is 0 Å². The van der Waals surface area contributed by atoms with E-state index in [0.29, 0.717) is 5.92 Å². The summed E-state index contributed by atoms with van der Waals surface area (Å²) in [6, 6.07) is 9.00. The van der Waals surface area contributed by atoms with Crippen LogP contribution >= 0.6 is 0 Å². The van der Waals surface area contributed by atoms with Gasteiger partial charge in [-0.2, -0.15) is 0 Å². The zero-order valence-electron chi connectivity index (χ0n) is 13.5. The molecule has 2 rings (SSSR count). The number of hydrogen-bond acceptors (Lipinski definition) is 2. The van der Waals surface area contributed by atoms with Gasteiger partial charge in [0.05, 0.1) is 0 Å². The molecule has 3 heteroatoms. The van der Waals surface area contributed by atoms with Crippen molar-refractivity contribution in [2.45, 2.75) is 46.1 Å². The molecule has 0 aliphatic heterocycles. The number of nitrogens with zero attached hydrogens (tertiary/aromatic N) is 2. The summed E-state index contributed by atoms with van der Waals surface area (Å²) >= 11 is 0. The SMILES string of the molecule is CCCc1nccn1Cc1ccc(C(C)CNCC)cc1. The molecular formula is C18H27N3. The van der Waals surface area contributed by atoms with Crippen LogP contribution in [0.5, 0.6) is 0 Å². The van der Waals surface area contributed by atoms with E-state index in [2.05, 4.69) is 66.1 Å². The number of aryl methyl sites for hydroxylation is 1. The molecule has 1 N–H and O–H groups in total. The minimum Gasteiger partial charge on any atom is -0.331 e.